The molecule has 1 saturated heterocycles. The Hall–Kier alpha value is -3.49. The summed E-state index contributed by atoms with van der Waals surface area (Å²) in [5.41, 5.74) is 0.914. The van der Waals surface area contributed by atoms with Gasteiger partial charge in [0, 0.05) is 56.5 Å². The van der Waals surface area contributed by atoms with E-state index in [0.29, 0.717) is 49.6 Å². The van der Waals surface area contributed by atoms with Gasteiger partial charge in [-0.05, 0) is 37.8 Å². The number of likely N-dealkylation sites (tertiary alicyclic amines) is 1. The predicted molar refractivity (Wildman–Crippen MR) is 118 cm³/mol. The average molecular weight is 439 g/mol. The Morgan fingerprint density at radius 3 is 2.75 bits per heavy atom. The second kappa shape index (κ2) is 9.76. The summed E-state index contributed by atoms with van der Waals surface area (Å²) in [4.78, 5) is 31.0. The third-order valence-electron chi connectivity index (χ3n) is 5.94. The molecular formula is C23H27FN6O2. The molecule has 8 nitrogen and oxygen atoms in total. The number of carbonyl (C=O) groups excluding carboxylic acids is 2. The van der Waals surface area contributed by atoms with E-state index in [4.69, 9.17) is 0 Å². The number of anilines is 1. The zero-order valence-corrected chi connectivity index (χ0v) is 18.1. The van der Waals surface area contributed by atoms with Gasteiger partial charge < -0.3 is 14.8 Å². The van der Waals surface area contributed by atoms with Crippen molar-refractivity contribution in [3.63, 3.8) is 0 Å². The van der Waals surface area contributed by atoms with Gasteiger partial charge in [-0.2, -0.15) is 5.10 Å². The van der Waals surface area contributed by atoms with E-state index >= 15 is 0 Å². The molecule has 1 aromatic carbocycles. The molecule has 0 saturated carbocycles. The largest absolute Gasteiger partial charge is 0.343 e. The number of halogens is 1. The predicted octanol–water partition coefficient (Wildman–Crippen LogP) is 3.38. The molecule has 0 aliphatic carbocycles. The first-order valence-corrected chi connectivity index (χ1v) is 10.9. The smallest absolute Gasteiger partial charge is 0.225 e. The minimum absolute atomic E-state index is 0.128. The van der Waals surface area contributed by atoms with E-state index in [-0.39, 0.29) is 23.5 Å². The zero-order valence-electron chi connectivity index (χ0n) is 18.1. The van der Waals surface area contributed by atoms with E-state index in [1.165, 1.54) is 6.07 Å². The fourth-order valence-corrected chi connectivity index (χ4v) is 4.06. The van der Waals surface area contributed by atoms with Crippen LogP contribution in [0.15, 0.2) is 42.7 Å². The van der Waals surface area contributed by atoms with Crippen molar-refractivity contribution in [3.8, 4) is 11.3 Å². The molecule has 9 heteroatoms. The molecule has 3 aromatic rings. The highest BCUT2D eigenvalue weighted by Gasteiger charge is 2.24. The molecule has 2 amide bonds. The van der Waals surface area contributed by atoms with Crippen LogP contribution in [0.1, 0.15) is 31.5 Å². The normalized spacial score (nSPS) is 14.5. The van der Waals surface area contributed by atoms with E-state index in [2.05, 4.69) is 20.5 Å². The third-order valence-corrected chi connectivity index (χ3v) is 5.94. The minimum atomic E-state index is -0.351. The van der Waals surface area contributed by atoms with Crippen LogP contribution in [0.25, 0.3) is 11.3 Å². The maximum atomic E-state index is 13.9. The number of hydrogen-bond acceptors (Lipinski definition) is 4. The molecule has 2 N–H and O–H groups in total. The van der Waals surface area contributed by atoms with Gasteiger partial charge in [-0.25, -0.2) is 9.37 Å². The average Bonchev–Trinajstić information content (AvgIpc) is 3.41. The third kappa shape index (κ3) is 5.22. The molecule has 1 aliphatic rings. The van der Waals surface area contributed by atoms with Gasteiger partial charge in [0.2, 0.25) is 11.8 Å². The van der Waals surface area contributed by atoms with Crippen molar-refractivity contribution in [1.29, 1.82) is 0 Å². The van der Waals surface area contributed by atoms with Gasteiger partial charge in [-0.15, -0.1) is 0 Å². The lowest BCUT2D eigenvalue weighted by molar-refractivity contribution is -0.132. The first-order valence-electron chi connectivity index (χ1n) is 10.9. The summed E-state index contributed by atoms with van der Waals surface area (Å²) >= 11 is 0. The van der Waals surface area contributed by atoms with Gasteiger partial charge in [0.25, 0.3) is 0 Å². The Morgan fingerprint density at radius 1 is 1.25 bits per heavy atom. The Balaban J connectivity index is 1.21. The Bertz CT molecular complexity index is 1080. The molecule has 0 radical (unpaired) electrons. The Kier molecular flexibility index (Phi) is 6.63. The summed E-state index contributed by atoms with van der Waals surface area (Å²) in [6.45, 7) is 3.88. The van der Waals surface area contributed by atoms with E-state index in [1.54, 1.807) is 30.5 Å². The van der Waals surface area contributed by atoms with Crippen molar-refractivity contribution >= 4 is 17.6 Å². The first kappa shape index (κ1) is 21.7. The van der Waals surface area contributed by atoms with Crippen LogP contribution < -0.4 is 5.32 Å². The molecule has 1 fully saturated rings. The van der Waals surface area contributed by atoms with Gasteiger partial charge in [0.05, 0.1) is 5.69 Å². The van der Waals surface area contributed by atoms with Crippen LogP contribution in [0.2, 0.25) is 0 Å². The van der Waals surface area contributed by atoms with Gasteiger partial charge in [-0.1, -0.05) is 12.1 Å². The maximum absolute atomic E-state index is 13.9. The van der Waals surface area contributed by atoms with Gasteiger partial charge >= 0.3 is 0 Å². The number of piperidine rings is 1. The summed E-state index contributed by atoms with van der Waals surface area (Å²) in [5.74, 6) is 1.15. The number of amides is 2. The number of aryl methyl sites for hydroxylation is 2. The molecule has 32 heavy (non-hydrogen) atoms. The second-order valence-electron chi connectivity index (χ2n) is 8.14. The number of imidazole rings is 1. The minimum Gasteiger partial charge on any atom is -0.343 e. The van der Waals surface area contributed by atoms with Crippen molar-refractivity contribution in [1.82, 2.24) is 24.6 Å². The van der Waals surface area contributed by atoms with Crippen LogP contribution in [0.4, 0.5) is 10.2 Å². The lowest BCUT2D eigenvalue weighted by atomic mass is 9.93. The number of benzene rings is 1. The molecule has 3 heterocycles. The number of carbonyl (C=O) groups is 2. The number of rotatable bonds is 7. The van der Waals surface area contributed by atoms with Crippen molar-refractivity contribution in [3.05, 3.63) is 54.4 Å². The number of nitrogens with zero attached hydrogens (tertiary/aromatic N) is 4. The quantitative estimate of drug-likeness (QED) is 0.591. The SMILES string of the molecule is Cc1nccn1CCC(=O)N1CCC(CC(=O)Nc2cc(-c3ccccc3F)[nH]n2)CC1. The monoisotopic (exact) mass is 438 g/mol. The van der Waals surface area contributed by atoms with Gasteiger partial charge in [0.1, 0.15) is 11.6 Å². The molecule has 0 bridgehead atoms. The highest BCUT2D eigenvalue weighted by molar-refractivity contribution is 5.90. The maximum Gasteiger partial charge on any atom is 0.225 e. The highest BCUT2D eigenvalue weighted by Crippen LogP contribution is 2.24. The molecule has 0 spiro atoms. The molecule has 0 atom stereocenters. The van der Waals surface area contributed by atoms with Crippen LogP contribution in [-0.2, 0) is 16.1 Å². The lowest BCUT2D eigenvalue weighted by Crippen LogP contribution is -2.39. The molecule has 2 aromatic heterocycles. The van der Waals surface area contributed by atoms with Crippen molar-refractivity contribution < 1.29 is 14.0 Å². The van der Waals surface area contributed by atoms with Crippen molar-refractivity contribution in [2.24, 2.45) is 5.92 Å². The van der Waals surface area contributed by atoms with E-state index < -0.39 is 0 Å². The number of nitrogens with one attached hydrogen (secondary N) is 2. The topological polar surface area (TPSA) is 95.9 Å². The van der Waals surface area contributed by atoms with Gasteiger partial charge in [0.15, 0.2) is 5.82 Å². The van der Waals surface area contributed by atoms with Crippen molar-refractivity contribution in [2.75, 3.05) is 18.4 Å². The molecule has 168 valence electrons. The van der Waals surface area contributed by atoms with Gasteiger partial charge in [-0.3, -0.25) is 14.7 Å². The Labute approximate surface area is 185 Å². The molecule has 0 unspecified atom stereocenters. The van der Waals surface area contributed by atoms with Crippen molar-refractivity contribution in [2.45, 2.75) is 39.2 Å². The molecular weight excluding hydrogens is 411 g/mol. The number of aromatic amines is 1. The van der Waals surface area contributed by atoms with Crippen LogP contribution in [0.5, 0.6) is 0 Å². The van der Waals surface area contributed by atoms with Crippen LogP contribution >= 0.6 is 0 Å². The van der Waals surface area contributed by atoms with E-state index in [0.717, 1.165) is 18.7 Å². The summed E-state index contributed by atoms with van der Waals surface area (Å²) in [7, 11) is 0. The summed E-state index contributed by atoms with van der Waals surface area (Å²) < 4.78 is 15.9. The molecule has 4 rings (SSSR count). The molecule has 1 aliphatic heterocycles. The van der Waals surface area contributed by atoms with Crippen LogP contribution in [-0.4, -0.2) is 49.6 Å². The lowest BCUT2D eigenvalue weighted by Gasteiger charge is -2.31. The Morgan fingerprint density at radius 2 is 2.03 bits per heavy atom. The fourth-order valence-electron chi connectivity index (χ4n) is 4.06. The van der Waals surface area contributed by atoms with E-state index in [9.17, 15) is 14.0 Å². The summed E-state index contributed by atoms with van der Waals surface area (Å²) in [6.07, 6.45) is 6.03. The van der Waals surface area contributed by atoms with Crippen LogP contribution in [0.3, 0.4) is 0 Å². The standard InChI is InChI=1S/C23H27FN6O2/c1-16-25-9-13-29(16)12-8-23(32)30-10-6-17(7-11-30)14-22(31)26-21-15-20(27-28-21)18-4-2-3-5-19(18)24/h2-5,9,13,15,17H,6-8,10-12,14H2,1H3,(H2,26,27,28,31). The summed E-state index contributed by atoms with van der Waals surface area (Å²) in [5, 5.41) is 9.61. The fraction of sp³-hybridized carbons (Fsp3) is 0.391. The highest BCUT2D eigenvalue weighted by atomic mass is 19.1. The number of H-pyrrole nitrogens is 1. The van der Waals surface area contributed by atoms with E-state index in [1.807, 2.05) is 22.6 Å². The number of hydrogen-bond donors (Lipinski definition) is 2. The second-order valence-corrected chi connectivity index (χ2v) is 8.14. The zero-order chi connectivity index (χ0) is 22.5. The van der Waals surface area contributed by atoms with Crippen LogP contribution in [0, 0.1) is 18.7 Å². The summed E-state index contributed by atoms with van der Waals surface area (Å²) in [6, 6.07) is 8.02. The first-order chi connectivity index (χ1) is 15.5. The number of aromatic nitrogens is 4.